The molecule has 1 heterocycles. The second-order valence-corrected chi connectivity index (χ2v) is 6.47. The van der Waals surface area contributed by atoms with Gasteiger partial charge < -0.3 is 10.1 Å². The van der Waals surface area contributed by atoms with Gasteiger partial charge in [-0.05, 0) is 29.8 Å². The van der Waals surface area contributed by atoms with Gasteiger partial charge in [0.25, 0.3) is 5.56 Å². The van der Waals surface area contributed by atoms with Gasteiger partial charge in [-0.25, -0.2) is 10.4 Å². The minimum absolute atomic E-state index is 0.0445. The Kier molecular flexibility index (Phi) is 5.73. The Hall–Kier alpha value is -2.90. The van der Waals surface area contributed by atoms with E-state index in [0.717, 1.165) is 0 Å². The lowest BCUT2D eigenvalue weighted by atomic mass is 10.2. The van der Waals surface area contributed by atoms with Crippen molar-refractivity contribution in [1.29, 1.82) is 0 Å². The molecule has 0 unspecified atom stereocenters. The average Bonchev–Trinajstić information content (AvgIpc) is 2.64. The molecule has 0 saturated heterocycles. The first-order valence-corrected chi connectivity index (χ1v) is 8.67. The Balaban J connectivity index is 1.60. The van der Waals surface area contributed by atoms with Gasteiger partial charge in [-0.2, -0.15) is 5.10 Å². The molecule has 1 amide bonds. The zero-order valence-corrected chi connectivity index (χ0v) is 15.4. The highest BCUT2D eigenvalue weighted by atomic mass is 35.5. The number of hydrogen-bond donors (Lipinski definition) is 3. The highest BCUT2D eigenvalue weighted by Gasteiger charge is 2.08. The van der Waals surface area contributed by atoms with Crippen LogP contribution in [-0.4, -0.2) is 27.2 Å². The number of H-pyrrole nitrogens is 1. The van der Waals surface area contributed by atoms with E-state index in [9.17, 15) is 14.7 Å². The summed E-state index contributed by atoms with van der Waals surface area (Å²) in [7, 11) is 0. The van der Waals surface area contributed by atoms with Crippen LogP contribution in [0, 0.1) is 0 Å². The maximum absolute atomic E-state index is 12.0. The van der Waals surface area contributed by atoms with E-state index in [-0.39, 0.29) is 45.8 Å². The van der Waals surface area contributed by atoms with Crippen molar-refractivity contribution in [2.45, 2.75) is 12.8 Å². The summed E-state index contributed by atoms with van der Waals surface area (Å²) in [6, 6.07) is 10.1. The topological polar surface area (TPSA) is 107 Å². The Labute approximate surface area is 163 Å². The van der Waals surface area contributed by atoms with Crippen LogP contribution in [0.1, 0.15) is 17.7 Å². The van der Waals surface area contributed by atoms with Gasteiger partial charge in [-0.15, -0.1) is 0 Å². The number of amides is 1. The Morgan fingerprint density at radius 3 is 2.70 bits per heavy atom. The van der Waals surface area contributed by atoms with Crippen molar-refractivity contribution in [2.75, 3.05) is 0 Å². The molecule has 9 heteroatoms. The molecule has 2 aromatic carbocycles. The van der Waals surface area contributed by atoms with Crippen molar-refractivity contribution >= 4 is 46.4 Å². The van der Waals surface area contributed by atoms with E-state index in [2.05, 4.69) is 20.5 Å². The highest BCUT2D eigenvalue weighted by molar-refractivity contribution is 6.37. The molecular formula is C18H14Cl2N4O3. The maximum atomic E-state index is 12.0. The number of rotatable bonds is 5. The third-order valence-corrected chi connectivity index (χ3v) is 4.28. The fourth-order valence-electron chi connectivity index (χ4n) is 2.36. The quantitative estimate of drug-likeness (QED) is 0.448. The highest BCUT2D eigenvalue weighted by Crippen LogP contribution is 2.32. The second kappa shape index (κ2) is 8.20. The largest absolute Gasteiger partial charge is 0.505 e. The van der Waals surface area contributed by atoms with E-state index >= 15 is 0 Å². The van der Waals surface area contributed by atoms with Crippen molar-refractivity contribution in [3.8, 4) is 5.75 Å². The van der Waals surface area contributed by atoms with Crippen LogP contribution in [0.25, 0.3) is 11.0 Å². The van der Waals surface area contributed by atoms with Crippen molar-refractivity contribution in [2.24, 2.45) is 5.10 Å². The van der Waals surface area contributed by atoms with E-state index in [1.165, 1.54) is 18.3 Å². The minimum Gasteiger partial charge on any atom is -0.505 e. The standard InChI is InChI=1S/C18H14Cl2N4O3/c19-11-7-10(8-12(20)17(11)26)9-21-24-16(25)6-5-15-18(27)23-14-4-2-1-3-13(14)22-15/h1-4,7-9,26H,5-6H2,(H,23,27)(H,24,25)/b21-9-. The number of nitrogens with zero attached hydrogens (tertiary/aromatic N) is 2. The minimum atomic E-state index is -0.378. The van der Waals surface area contributed by atoms with Gasteiger partial charge in [-0.3, -0.25) is 9.59 Å². The number of halogens is 2. The van der Waals surface area contributed by atoms with Crippen molar-refractivity contribution in [1.82, 2.24) is 15.4 Å². The first kappa shape index (κ1) is 18.9. The smallest absolute Gasteiger partial charge is 0.270 e. The van der Waals surface area contributed by atoms with E-state index in [0.29, 0.717) is 16.6 Å². The number of nitrogens with one attached hydrogen (secondary N) is 2. The van der Waals surface area contributed by atoms with Crippen LogP contribution in [0.2, 0.25) is 10.0 Å². The number of aromatic nitrogens is 2. The lowest BCUT2D eigenvalue weighted by Gasteiger charge is -2.03. The van der Waals surface area contributed by atoms with Crippen LogP contribution >= 0.6 is 23.2 Å². The molecule has 0 spiro atoms. The number of carbonyl (C=O) groups excluding carboxylic acids is 1. The monoisotopic (exact) mass is 404 g/mol. The van der Waals surface area contributed by atoms with Crippen LogP contribution in [0.5, 0.6) is 5.75 Å². The van der Waals surface area contributed by atoms with Crippen molar-refractivity contribution < 1.29 is 9.90 Å². The van der Waals surface area contributed by atoms with Crippen LogP contribution in [0.4, 0.5) is 0 Å². The van der Waals surface area contributed by atoms with Gasteiger partial charge >= 0.3 is 0 Å². The Morgan fingerprint density at radius 2 is 1.96 bits per heavy atom. The van der Waals surface area contributed by atoms with Gasteiger partial charge in [0, 0.05) is 12.8 Å². The summed E-state index contributed by atoms with van der Waals surface area (Å²) in [6.45, 7) is 0. The molecule has 0 fully saturated rings. The number of fused-ring (bicyclic) bond motifs is 1. The van der Waals surface area contributed by atoms with Crippen LogP contribution in [-0.2, 0) is 11.2 Å². The molecule has 0 atom stereocenters. The van der Waals surface area contributed by atoms with Gasteiger partial charge in [0.15, 0.2) is 5.75 Å². The van der Waals surface area contributed by atoms with Crippen LogP contribution in [0.3, 0.4) is 0 Å². The molecule has 0 aliphatic heterocycles. The zero-order valence-electron chi connectivity index (χ0n) is 13.9. The second-order valence-electron chi connectivity index (χ2n) is 5.66. The number of aromatic amines is 1. The van der Waals surface area contributed by atoms with Gasteiger partial charge in [0.2, 0.25) is 5.91 Å². The first-order valence-electron chi connectivity index (χ1n) is 7.92. The molecule has 0 radical (unpaired) electrons. The number of aromatic hydroxyl groups is 1. The summed E-state index contributed by atoms with van der Waals surface area (Å²) < 4.78 is 0. The molecule has 1 aromatic heterocycles. The van der Waals surface area contributed by atoms with Crippen LogP contribution in [0.15, 0.2) is 46.3 Å². The fourth-order valence-corrected chi connectivity index (χ4v) is 2.87. The summed E-state index contributed by atoms with van der Waals surface area (Å²) in [5.74, 6) is -0.593. The van der Waals surface area contributed by atoms with Crippen LogP contribution < -0.4 is 11.0 Å². The first-order chi connectivity index (χ1) is 12.9. The Bertz CT molecular complexity index is 1070. The number of hydrazone groups is 1. The molecule has 138 valence electrons. The number of hydrogen-bond acceptors (Lipinski definition) is 5. The molecular weight excluding hydrogens is 391 g/mol. The Morgan fingerprint density at radius 1 is 1.26 bits per heavy atom. The lowest BCUT2D eigenvalue weighted by Crippen LogP contribution is -2.21. The fraction of sp³-hybridized carbons (Fsp3) is 0.111. The molecule has 0 bridgehead atoms. The predicted octanol–water partition coefficient (Wildman–Crippen LogP) is 3.02. The molecule has 0 saturated carbocycles. The van der Waals surface area contributed by atoms with E-state index in [1.54, 1.807) is 18.2 Å². The van der Waals surface area contributed by atoms with Crippen molar-refractivity contribution in [3.63, 3.8) is 0 Å². The SMILES string of the molecule is O=C(CCc1nc2ccccc2[nH]c1=O)N/N=C\c1cc(Cl)c(O)c(Cl)c1. The lowest BCUT2D eigenvalue weighted by molar-refractivity contribution is -0.121. The molecule has 0 aliphatic carbocycles. The zero-order chi connectivity index (χ0) is 19.4. The number of carbonyl (C=O) groups is 1. The normalized spacial score (nSPS) is 11.2. The molecule has 7 nitrogen and oxygen atoms in total. The molecule has 3 aromatic rings. The van der Waals surface area contributed by atoms with Gasteiger partial charge in [0.1, 0.15) is 5.69 Å². The number of benzene rings is 2. The van der Waals surface area contributed by atoms with E-state index in [1.807, 2.05) is 6.07 Å². The number of phenolic OH excluding ortho intramolecular Hbond substituents is 1. The number of phenols is 1. The van der Waals surface area contributed by atoms with Crippen molar-refractivity contribution in [3.05, 3.63) is 68.1 Å². The molecule has 27 heavy (non-hydrogen) atoms. The molecule has 3 N–H and O–H groups in total. The van der Waals surface area contributed by atoms with Gasteiger partial charge in [-0.1, -0.05) is 35.3 Å². The summed E-state index contributed by atoms with van der Waals surface area (Å²) in [5.41, 5.74) is 4.13. The summed E-state index contributed by atoms with van der Waals surface area (Å²) >= 11 is 11.6. The summed E-state index contributed by atoms with van der Waals surface area (Å²) in [6.07, 6.45) is 1.57. The average molecular weight is 405 g/mol. The van der Waals surface area contributed by atoms with E-state index < -0.39 is 0 Å². The third-order valence-electron chi connectivity index (χ3n) is 3.70. The number of para-hydroxylation sites is 2. The predicted molar refractivity (Wildman–Crippen MR) is 105 cm³/mol. The summed E-state index contributed by atoms with van der Waals surface area (Å²) in [4.78, 5) is 30.9. The number of aryl methyl sites for hydroxylation is 1. The maximum Gasteiger partial charge on any atom is 0.270 e. The molecule has 3 rings (SSSR count). The van der Waals surface area contributed by atoms with Gasteiger partial charge in [0.05, 0.1) is 27.3 Å². The van der Waals surface area contributed by atoms with E-state index in [4.69, 9.17) is 23.2 Å². The third kappa shape index (κ3) is 4.64. The summed E-state index contributed by atoms with van der Waals surface area (Å²) in [5, 5.41) is 13.5. The molecule has 0 aliphatic rings.